The maximum atomic E-state index is 13.2. The Morgan fingerprint density at radius 3 is 1.91 bits per heavy atom. The molecule has 1 heterocycles. The van der Waals surface area contributed by atoms with E-state index in [0.29, 0.717) is 19.4 Å². The first-order chi connectivity index (χ1) is 15.9. The Morgan fingerprint density at radius 2 is 1.50 bits per heavy atom. The largest absolute Gasteiger partial charge is 0.523 e. The van der Waals surface area contributed by atoms with E-state index in [-0.39, 0.29) is 6.61 Å². The first-order valence-electron chi connectivity index (χ1n) is 11.2. The number of halogens is 3. The number of alkyl halides is 3. The van der Waals surface area contributed by atoms with Crippen LogP contribution in [-0.4, -0.2) is 47.7 Å². The highest BCUT2D eigenvalue weighted by Crippen LogP contribution is 2.37. The van der Waals surface area contributed by atoms with Crippen molar-refractivity contribution in [1.29, 1.82) is 0 Å². The highest BCUT2D eigenvalue weighted by Gasteiger charge is 2.53. The molecule has 10 heteroatoms. The van der Waals surface area contributed by atoms with Crippen molar-refractivity contribution in [2.24, 2.45) is 0 Å². The van der Waals surface area contributed by atoms with Gasteiger partial charge in [0.2, 0.25) is 0 Å². The lowest BCUT2D eigenvalue weighted by atomic mass is 10.1. The molecule has 0 saturated carbocycles. The molecule has 1 aliphatic heterocycles. The third-order valence-electron chi connectivity index (χ3n) is 6.04. The number of hydrogen-bond donors (Lipinski definition) is 0. The Bertz CT molecular complexity index is 979. The quantitative estimate of drug-likeness (QED) is 0.296. The summed E-state index contributed by atoms with van der Waals surface area (Å²) < 4.78 is 80.4. The van der Waals surface area contributed by atoms with E-state index < -0.39 is 41.2 Å². The highest BCUT2D eigenvalue weighted by atomic mass is 32.2. The zero-order valence-electron chi connectivity index (χ0n) is 19.5. The standard InChI is InChI=1S/C24H31F3O5SSi/c1-23(2,3)34(19-12-6-4-7-13-19,20-14-8-5-9-15-20)31-18-22(21-16-10-11-17-30-21)32-33(28,29)24(25,26)27/h4-9,12-15,21-22H,10-11,16-18H2,1-3H3/t21-,22+/m1/s1. The van der Waals surface area contributed by atoms with Gasteiger partial charge in [-0.3, -0.25) is 4.18 Å². The topological polar surface area (TPSA) is 61.8 Å². The summed E-state index contributed by atoms with van der Waals surface area (Å²) in [5.41, 5.74) is -5.53. The van der Waals surface area contributed by atoms with Crippen molar-refractivity contribution in [3.8, 4) is 0 Å². The van der Waals surface area contributed by atoms with Crippen molar-refractivity contribution in [3.63, 3.8) is 0 Å². The molecule has 2 aromatic carbocycles. The van der Waals surface area contributed by atoms with Gasteiger partial charge in [0.1, 0.15) is 6.10 Å². The predicted octanol–water partition coefficient (Wildman–Crippen LogP) is 4.37. The lowest BCUT2D eigenvalue weighted by molar-refractivity contribution is -0.0867. The zero-order chi connectivity index (χ0) is 25.0. The second-order valence-electron chi connectivity index (χ2n) is 9.41. The molecule has 34 heavy (non-hydrogen) atoms. The van der Waals surface area contributed by atoms with E-state index in [9.17, 15) is 21.6 Å². The van der Waals surface area contributed by atoms with Gasteiger partial charge in [0.25, 0.3) is 8.32 Å². The monoisotopic (exact) mass is 516 g/mol. The highest BCUT2D eigenvalue weighted by molar-refractivity contribution is 7.87. The van der Waals surface area contributed by atoms with E-state index in [1.165, 1.54) is 0 Å². The Balaban J connectivity index is 2.04. The van der Waals surface area contributed by atoms with Crippen LogP contribution in [0.25, 0.3) is 0 Å². The number of benzene rings is 2. The number of ether oxygens (including phenoxy) is 1. The van der Waals surface area contributed by atoms with Crippen LogP contribution in [0.3, 0.4) is 0 Å². The predicted molar refractivity (Wildman–Crippen MR) is 127 cm³/mol. The minimum absolute atomic E-state index is 0.329. The Hall–Kier alpha value is -1.72. The number of rotatable bonds is 8. The molecule has 2 aromatic rings. The Morgan fingerprint density at radius 1 is 0.971 bits per heavy atom. The van der Waals surface area contributed by atoms with Crippen molar-refractivity contribution in [2.75, 3.05) is 13.2 Å². The average Bonchev–Trinajstić information content (AvgIpc) is 2.79. The Kier molecular flexibility index (Phi) is 8.29. The van der Waals surface area contributed by atoms with Gasteiger partial charge in [-0.15, -0.1) is 0 Å². The molecule has 188 valence electrons. The SMILES string of the molecule is CC(C)(C)[Si](OC[C@H](OS(=O)(=O)C(F)(F)F)[C@H]1CCCCO1)(c1ccccc1)c1ccccc1. The summed E-state index contributed by atoms with van der Waals surface area (Å²) >= 11 is 0. The second kappa shape index (κ2) is 10.5. The van der Waals surface area contributed by atoms with E-state index >= 15 is 0 Å². The minimum Gasteiger partial charge on any atom is -0.405 e. The van der Waals surface area contributed by atoms with Gasteiger partial charge >= 0.3 is 15.6 Å². The summed E-state index contributed by atoms with van der Waals surface area (Å²) in [6.07, 6.45) is -0.388. The molecule has 0 N–H and O–H groups in total. The van der Waals surface area contributed by atoms with Crippen LogP contribution in [0.15, 0.2) is 60.7 Å². The van der Waals surface area contributed by atoms with Crippen LogP contribution in [0.4, 0.5) is 13.2 Å². The maximum absolute atomic E-state index is 13.2. The minimum atomic E-state index is -5.82. The summed E-state index contributed by atoms with van der Waals surface area (Å²) in [5.74, 6) is 0. The molecule has 2 atom stereocenters. The first-order valence-corrected chi connectivity index (χ1v) is 14.6. The number of hydrogen-bond acceptors (Lipinski definition) is 5. The molecule has 0 aromatic heterocycles. The summed E-state index contributed by atoms with van der Waals surface area (Å²) in [5, 5.41) is 1.42. The van der Waals surface area contributed by atoms with Gasteiger partial charge < -0.3 is 9.16 Å². The molecular formula is C24H31F3O5SSi. The molecule has 0 unspecified atom stereocenters. The summed E-state index contributed by atoms with van der Waals surface area (Å²) in [6.45, 7) is 6.05. The normalized spacial score (nSPS) is 19.1. The maximum Gasteiger partial charge on any atom is 0.523 e. The van der Waals surface area contributed by atoms with E-state index in [0.717, 1.165) is 16.8 Å². The molecule has 0 radical (unpaired) electrons. The van der Waals surface area contributed by atoms with Crippen LogP contribution in [0.5, 0.6) is 0 Å². The van der Waals surface area contributed by atoms with E-state index in [1.54, 1.807) is 0 Å². The fraction of sp³-hybridized carbons (Fsp3) is 0.500. The fourth-order valence-corrected chi connectivity index (χ4v) is 9.63. The van der Waals surface area contributed by atoms with Crippen LogP contribution >= 0.6 is 0 Å². The van der Waals surface area contributed by atoms with Crippen molar-refractivity contribution in [1.82, 2.24) is 0 Å². The van der Waals surface area contributed by atoms with Gasteiger partial charge in [0, 0.05) is 6.61 Å². The summed E-state index contributed by atoms with van der Waals surface area (Å²) in [7, 11) is -8.93. The molecule has 1 fully saturated rings. The fourth-order valence-electron chi connectivity index (χ4n) is 4.44. The third-order valence-corrected chi connectivity index (χ3v) is 12.1. The molecular weight excluding hydrogens is 485 g/mol. The molecule has 0 amide bonds. The first kappa shape index (κ1) is 26.9. The van der Waals surface area contributed by atoms with Crippen LogP contribution in [-0.2, 0) is 23.5 Å². The smallest absolute Gasteiger partial charge is 0.405 e. The van der Waals surface area contributed by atoms with Crippen LogP contribution in [0.1, 0.15) is 40.0 Å². The summed E-state index contributed by atoms with van der Waals surface area (Å²) in [4.78, 5) is 0. The van der Waals surface area contributed by atoms with Gasteiger partial charge in [0.05, 0.1) is 12.7 Å². The molecule has 0 aliphatic carbocycles. The van der Waals surface area contributed by atoms with E-state index in [4.69, 9.17) is 13.3 Å². The average molecular weight is 517 g/mol. The molecule has 5 nitrogen and oxygen atoms in total. The molecule has 1 aliphatic rings. The van der Waals surface area contributed by atoms with Crippen LogP contribution in [0, 0.1) is 0 Å². The Labute approximate surface area is 200 Å². The van der Waals surface area contributed by atoms with Gasteiger partial charge in [0.15, 0.2) is 0 Å². The molecule has 3 rings (SSSR count). The van der Waals surface area contributed by atoms with Crippen LogP contribution in [0.2, 0.25) is 5.04 Å². The van der Waals surface area contributed by atoms with Crippen molar-refractivity contribution in [3.05, 3.63) is 60.7 Å². The lowest BCUT2D eigenvalue weighted by Crippen LogP contribution is -2.67. The van der Waals surface area contributed by atoms with Gasteiger partial charge in [-0.05, 0) is 34.7 Å². The zero-order valence-corrected chi connectivity index (χ0v) is 21.4. The second-order valence-corrected chi connectivity index (χ2v) is 15.3. The van der Waals surface area contributed by atoms with Crippen molar-refractivity contribution >= 4 is 28.8 Å². The van der Waals surface area contributed by atoms with Gasteiger partial charge in [-0.25, -0.2) is 0 Å². The van der Waals surface area contributed by atoms with Gasteiger partial charge in [-0.1, -0.05) is 81.4 Å². The van der Waals surface area contributed by atoms with E-state index in [1.807, 2.05) is 81.4 Å². The lowest BCUT2D eigenvalue weighted by Gasteiger charge is -2.44. The molecule has 0 spiro atoms. The van der Waals surface area contributed by atoms with Gasteiger partial charge in [-0.2, -0.15) is 21.6 Å². The van der Waals surface area contributed by atoms with Crippen molar-refractivity contribution in [2.45, 2.75) is 62.8 Å². The van der Waals surface area contributed by atoms with Crippen molar-refractivity contribution < 1.29 is 34.9 Å². The molecule has 0 bridgehead atoms. The van der Waals surface area contributed by atoms with E-state index in [2.05, 4.69) is 0 Å². The van der Waals surface area contributed by atoms with Crippen LogP contribution < -0.4 is 10.4 Å². The summed E-state index contributed by atoms with van der Waals surface area (Å²) in [6, 6.07) is 19.1. The third kappa shape index (κ3) is 5.73. The molecule has 1 saturated heterocycles.